The minimum atomic E-state index is -0.439. The number of aromatic amines is 1. The normalized spacial score (nSPS) is 17.3. The van der Waals surface area contributed by atoms with Crippen molar-refractivity contribution in [1.29, 1.82) is 0 Å². The van der Waals surface area contributed by atoms with Gasteiger partial charge < -0.3 is 10.2 Å². The minimum Gasteiger partial charge on any atom is -0.342 e. The summed E-state index contributed by atoms with van der Waals surface area (Å²) in [7, 11) is 0. The van der Waals surface area contributed by atoms with E-state index in [2.05, 4.69) is 26.8 Å². The first-order chi connectivity index (χ1) is 17.5. The number of thioether (sulfide) groups is 2. The Morgan fingerprint density at radius 2 is 2.00 bits per heavy atom. The Morgan fingerprint density at radius 1 is 1.17 bits per heavy atom. The second kappa shape index (κ2) is 10.9. The topological polar surface area (TPSA) is 100 Å². The van der Waals surface area contributed by atoms with Gasteiger partial charge in [0.05, 0.1) is 9.77 Å². The van der Waals surface area contributed by atoms with Crippen LogP contribution in [0.4, 0.5) is 11.5 Å². The zero-order valence-corrected chi connectivity index (χ0v) is 22.8. The molecule has 8 nitrogen and oxygen atoms in total. The smallest absolute Gasteiger partial charge is 0.329 e. The summed E-state index contributed by atoms with van der Waals surface area (Å²) in [4.78, 5) is 43.8. The third-order valence-electron chi connectivity index (χ3n) is 6.87. The van der Waals surface area contributed by atoms with Crippen molar-refractivity contribution in [1.82, 2.24) is 18.8 Å². The molecule has 5 rings (SSSR count). The van der Waals surface area contributed by atoms with E-state index in [0.717, 1.165) is 47.0 Å². The maximum atomic E-state index is 13.4. The molecule has 3 aromatic rings. The molecule has 1 aliphatic carbocycles. The average molecular weight is 544 g/mol. The molecule has 1 fully saturated rings. The third-order valence-corrected chi connectivity index (χ3v) is 9.61. The molecule has 1 saturated heterocycles. The number of likely N-dealkylation sites (tertiary alicyclic amines) is 1. The van der Waals surface area contributed by atoms with Crippen molar-refractivity contribution in [2.45, 2.75) is 47.9 Å². The Bertz CT molecular complexity index is 1340. The molecule has 3 heterocycles. The van der Waals surface area contributed by atoms with Crippen molar-refractivity contribution >= 4 is 52.5 Å². The largest absolute Gasteiger partial charge is 0.342 e. The molecule has 2 aromatic heterocycles. The van der Waals surface area contributed by atoms with Crippen LogP contribution in [0.5, 0.6) is 0 Å². The van der Waals surface area contributed by atoms with E-state index in [-0.39, 0.29) is 23.9 Å². The van der Waals surface area contributed by atoms with Gasteiger partial charge in [0.25, 0.3) is 11.5 Å². The molecule has 36 heavy (non-hydrogen) atoms. The molecule has 1 aliphatic heterocycles. The van der Waals surface area contributed by atoms with Crippen molar-refractivity contribution in [2.24, 2.45) is 5.92 Å². The number of hydrogen-bond donors (Lipinski definition) is 2. The number of aromatic nitrogens is 3. The van der Waals surface area contributed by atoms with Gasteiger partial charge in [-0.2, -0.15) is 4.37 Å². The van der Waals surface area contributed by atoms with E-state index in [9.17, 15) is 14.4 Å². The molecule has 1 unspecified atom stereocenters. The van der Waals surface area contributed by atoms with E-state index in [0.29, 0.717) is 24.5 Å². The second-order valence-electron chi connectivity index (χ2n) is 9.22. The SMILES string of the molecule is CSc1nsc(SC)c1C(=O)N1CCCC(Cn2c(=O)cc(Nc3ccc4c(c3)CCC4)[nH]c2=O)C1. The van der Waals surface area contributed by atoms with Crippen LogP contribution < -0.4 is 16.6 Å². The van der Waals surface area contributed by atoms with E-state index in [1.807, 2.05) is 23.5 Å². The molecular formula is C25H29N5O3S3. The van der Waals surface area contributed by atoms with Gasteiger partial charge >= 0.3 is 5.69 Å². The van der Waals surface area contributed by atoms with Gasteiger partial charge in [0, 0.05) is 31.4 Å². The van der Waals surface area contributed by atoms with E-state index in [4.69, 9.17) is 0 Å². The Labute approximate surface area is 222 Å². The standard InChI is InChI=1S/C25H29N5O3S3/c1-34-22-21(24(35-2)36-28-22)23(32)29-10-4-5-15(13-29)14-30-20(31)12-19(27-25(30)33)26-18-9-8-16-6-3-7-17(16)11-18/h8-9,11-12,15,26H,3-7,10,13-14H2,1-2H3,(H,27,33). The lowest BCUT2D eigenvalue weighted by molar-refractivity contribution is 0.0654. The predicted molar refractivity (Wildman–Crippen MR) is 147 cm³/mol. The summed E-state index contributed by atoms with van der Waals surface area (Å²) in [6, 6.07) is 7.62. The molecule has 190 valence electrons. The van der Waals surface area contributed by atoms with Crippen molar-refractivity contribution in [2.75, 3.05) is 30.9 Å². The fourth-order valence-electron chi connectivity index (χ4n) is 5.10. The monoisotopic (exact) mass is 543 g/mol. The van der Waals surface area contributed by atoms with Crippen molar-refractivity contribution in [3.63, 3.8) is 0 Å². The first kappa shape index (κ1) is 25.2. The third kappa shape index (κ3) is 5.14. The zero-order valence-electron chi connectivity index (χ0n) is 20.3. The highest BCUT2D eigenvalue weighted by atomic mass is 32.2. The summed E-state index contributed by atoms with van der Waals surface area (Å²) >= 11 is 4.37. The maximum Gasteiger partial charge on any atom is 0.329 e. The van der Waals surface area contributed by atoms with E-state index in [1.54, 1.807) is 0 Å². The Morgan fingerprint density at radius 3 is 2.78 bits per heavy atom. The minimum absolute atomic E-state index is 0.0164. The number of fused-ring (bicyclic) bond motifs is 1. The van der Waals surface area contributed by atoms with Gasteiger partial charge in [-0.05, 0) is 85.3 Å². The fraction of sp³-hybridized carbons (Fsp3) is 0.440. The number of nitrogens with one attached hydrogen (secondary N) is 2. The number of carbonyl (C=O) groups is 1. The molecular weight excluding hydrogens is 515 g/mol. The molecule has 2 N–H and O–H groups in total. The number of aryl methyl sites for hydroxylation is 2. The van der Waals surface area contributed by atoms with Crippen LogP contribution in [-0.4, -0.2) is 50.3 Å². The Hall–Kier alpha value is -2.50. The van der Waals surface area contributed by atoms with Gasteiger partial charge in [0.15, 0.2) is 0 Å². The van der Waals surface area contributed by atoms with Crippen LogP contribution in [-0.2, 0) is 19.4 Å². The Balaban J connectivity index is 1.29. The highest BCUT2D eigenvalue weighted by molar-refractivity contribution is 8.01. The number of benzene rings is 1. The lowest BCUT2D eigenvalue weighted by Crippen LogP contribution is -2.44. The molecule has 0 bridgehead atoms. The molecule has 0 saturated carbocycles. The number of nitrogens with zero attached hydrogens (tertiary/aromatic N) is 3. The molecule has 2 aliphatic rings. The summed E-state index contributed by atoms with van der Waals surface area (Å²) in [6.07, 6.45) is 8.90. The summed E-state index contributed by atoms with van der Waals surface area (Å²) in [5, 5.41) is 3.93. The van der Waals surface area contributed by atoms with Crippen molar-refractivity contribution in [3.05, 3.63) is 61.8 Å². The van der Waals surface area contributed by atoms with Crippen molar-refractivity contribution in [3.8, 4) is 0 Å². The molecule has 0 radical (unpaired) electrons. The van der Waals surface area contributed by atoms with Crippen LogP contribution in [0.25, 0.3) is 0 Å². The molecule has 1 atom stereocenters. The number of H-pyrrole nitrogens is 1. The van der Waals surface area contributed by atoms with Gasteiger partial charge in [-0.3, -0.25) is 19.1 Å². The van der Waals surface area contributed by atoms with Gasteiger partial charge in [0.1, 0.15) is 10.8 Å². The van der Waals surface area contributed by atoms with Crippen LogP contribution in [0.15, 0.2) is 43.1 Å². The van der Waals surface area contributed by atoms with E-state index >= 15 is 0 Å². The summed E-state index contributed by atoms with van der Waals surface area (Å²) in [6.45, 7) is 1.46. The lowest BCUT2D eigenvalue weighted by Gasteiger charge is -2.33. The first-order valence-electron chi connectivity index (χ1n) is 12.1. The maximum absolute atomic E-state index is 13.4. The molecule has 1 aromatic carbocycles. The average Bonchev–Trinajstić information content (AvgIpc) is 3.52. The number of rotatable bonds is 7. The first-order valence-corrected chi connectivity index (χ1v) is 15.3. The van der Waals surface area contributed by atoms with Crippen LogP contribution in [0, 0.1) is 5.92 Å². The second-order valence-corrected chi connectivity index (χ2v) is 11.9. The van der Waals surface area contributed by atoms with Gasteiger partial charge in [-0.25, -0.2) is 4.79 Å². The van der Waals surface area contributed by atoms with E-state index in [1.165, 1.54) is 56.8 Å². The van der Waals surface area contributed by atoms with Gasteiger partial charge in [0.2, 0.25) is 0 Å². The van der Waals surface area contributed by atoms with E-state index < -0.39 is 5.69 Å². The predicted octanol–water partition coefficient (Wildman–Crippen LogP) is 4.22. The molecule has 11 heteroatoms. The highest BCUT2D eigenvalue weighted by Gasteiger charge is 2.30. The number of carbonyl (C=O) groups excluding carboxylic acids is 1. The summed E-state index contributed by atoms with van der Waals surface area (Å²) in [5.41, 5.74) is 3.45. The lowest BCUT2D eigenvalue weighted by atomic mass is 9.97. The number of hydrogen-bond acceptors (Lipinski definition) is 8. The molecule has 1 amide bonds. The Kier molecular flexibility index (Phi) is 7.59. The number of anilines is 2. The zero-order chi connectivity index (χ0) is 25.2. The van der Waals surface area contributed by atoms with Gasteiger partial charge in [-0.1, -0.05) is 6.07 Å². The van der Waals surface area contributed by atoms with Crippen LogP contribution in [0.1, 0.15) is 40.7 Å². The highest BCUT2D eigenvalue weighted by Crippen LogP contribution is 2.34. The van der Waals surface area contributed by atoms with Crippen molar-refractivity contribution < 1.29 is 4.79 Å². The van der Waals surface area contributed by atoms with Crippen LogP contribution in [0.2, 0.25) is 0 Å². The summed E-state index contributed by atoms with van der Waals surface area (Å²) < 4.78 is 6.60. The number of amides is 1. The number of piperidine rings is 1. The molecule has 0 spiro atoms. The fourth-order valence-corrected chi connectivity index (χ4v) is 7.36. The summed E-state index contributed by atoms with van der Waals surface area (Å²) in [5.74, 6) is 0.398. The van der Waals surface area contributed by atoms with Crippen LogP contribution in [0.3, 0.4) is 0 Å². The quantitative estimate of drug-likeness (QED) is 0.431. The van der Waals surface area contributed by atoms with Gasteiger partial charge in [-0.15, -0.1) is 23.5 Å². The van der Waals surface area contributed by atoms with Crippen LogP contribution >= 0.6 is 35.1 Å².